The lowest BCUT2D eigenvalue weighted by Gasteiger charge is -2.33. The van der Waals surface area contributed by atoms with E-state index in [0.29, 0.717) is 19.6 Å². The minimum absolute atomic E-state index is 0.0325. The van der Waals surface area contributed by atoms with Crippen molar-refractivity contribution < 1.29 is 22.7 Å². The topological polar surface area (TPSA) is 96.0 Å². The molecule has 140 valence electrons. The summed E-state index contributed by atoms with van der Waals surface area (Å²) < 4.78 is 30.8. The zero-order chi connectivity index (χ0) is 18.5. The van der Waals surface area contributed by atoms with Crippen molar-refractivity contribution >= 4 is 21.8 Å². The fourth-order valence-electron chi connectivity index (χ4n) is 4.36. The summed E-state index contributed by atoms with van der Waals surface area (Å²) in [6, 6.07) is 9.20. The summed E-state index contributed by atoms with van der Waals surface area (Å²) in [4.78, 5) is 28.6. The first-order valence-corrected chi connectivity index (χ1v) is 10.5. The van der Waals surface area contributed by atoms with Crippen LogP contribution in [0.4, 0.5) is 0 Å². The first kappa shape index (κ1) is 17.4. The molecule has 3 heterocycles. The van der Waals surface area contributed by atoms with E-state index in [4.69, 9.17) is 4.74 Å². The molecule has 0 aromatic heterocycles. The Hall–Kier alpha value is -1.97. The summed E-state index contributed by atoms with van der Waals surface area (Å²) in [6.07, 6.45) is 1.75. The molecule has 3 atom stereocenters. The first-order valence-electron chi connectivity index (χ1n) is 8.57. The van der Waals surface area contributed by atoms with Gasteiger partial charge in [-0.2, -0.15) is 0 Å². The molecule has 2 amide bonds. The highest BCUT2D eigenvalue weighted by Crippen LogP contribution is 2.51. The molecule has 26 heavy (non-hydrogen) atoms. The van der Waals surface area contributed by atoms with Crippen molar-refractivity contribution in [1.29, 1.82) is 0 Å². The maximum absolute atomic E-state index is 12.7. The molecule has 0 saturated carbocycles. The Kier molecular flexibility index (Phi) is 4.05. The second kappa shape index (κ2) is 6.04. The Bertz CT molecular complexity index is 843. The molecule has 1 spiro atoms. The summed E-state index contributed by atoms with van der Waals surface area (Å²) in [7, 11) is -3.45. The summed E-state index contributed by atoms with van der Waals surface area (Å²) in [5.74, 6) is -0.367. The van der Waals surface area contributed by atoms with Gasteiger partial charge in [0.15, 0.2) is 5.72 Å². The quantitative estimate of drug-likeness (QED) is 0.784. The van der Waals surface area contributed by atoms with E-state index in [1.807, 2.05) is 30.3 Å². The van der Waals surface area contributed by atoms with E-state index in [1.54, 1.807) is 9.80 Å². The predicted molar refractivity (Wildman–Crippen MR) is 92.3 cm³/mol. The lowest BCUT2D eigenvalue weighted by Crippen LogP contribution is -2.50. The van der Waals surface area contributed by atoms with Crippen molar-refractivity contribution in [2.24, 2.45) is 0 Å². The highest BCUT2D eigenvalue weighted by molar-refractivity contribution is 7.88. The van der Waals surface area contributed by atoms with Gasteiger partial charge in [0, 0.05) is 13.0 Å². The minimum atomic E-state index is -3.45. The number of sulfonamides is 1. The van der Waals surface area contributed by atoms with Crippen LogP contribution >= 0.6 is 0 Å². The summed E-state index contributed by atoms with van der Waals surface area (Å²) in [5, 5.41) is 0. The summed E-state index contributed by atoms with van der Waals surface area (Å²) in [5.41, 5.74) is 0.222. The molecule has 1 N–H and O–H groups in total. The fourth-order valence-corrected chi connectivity index (χ4v) is 4.74. The van der Waals surface area contributed by atoms with Crippen LogP contribution in [0.15, 0.2) is 30.3 Å². The molecule has 9 heteroatoms. The number of benzene rings is 1. The average Bonchev–Trinajstić information content (AvgIpc) is 3.22. The number of ether oxygens (including phenoxy) is 1. The Morgan fingerprint density at radius 1 is 1.35 bits per heavy atom. The van der Waals surface area contributed by atoms with E-state index in [2.05, 4.69) is 4.72 Å². The lowest BCUT2D eigenvalue weighted by atomic mass is 10.0. The standard InChI is InChI=1S/C17H21N3O5S/c1-26(23,24)18-10-16(22)19-8-7-17-14(19)9-15(21)20(17)13(11-25-17)12-5-3-2-4-6-12/h2-6,13-14,18H,7-11H2,1H3/t13-,14+,17-/m0/s1. The largest absolute Gasteiger partial charge is 0.351 e. The van der Waals surface area contributed by atoms with Crippen LogP contribution in [0.1, 0.15) is 24.4 Å². The number of hydrogen-bond acceptors (Lipinski definition) is 5. The maximum Gasteiger partial charge on any atom is 0.238 e. The van der Waals surface area contributed by atoms with Crippen molar-refractivity contribution in [2.75, 3.05) is 26.0 Å². The molecule has 1 aromatic rings. The molecule has 0 bridgehead atoms. The molecular weight excluding hydrogens is 358 g/mol. The van der Waals surface area contributed by atoms with Gasteiger partial charge >= 0.3 is 0 Å². The number of rotatable bonds is 4. The molecule has 4 rings (SSSR count). The summed E-state index contributed by atoms with van der Waals surface area (Å²) >= 11 is 0. The molecule has 3 aliphatic rings. The smallest absolute Gasteiger partial charge is 0.238 e. The van der Waals surface area contributed by atoms with Crippen LogP contribution in [-0.2, 0) is 24.3 Å². The second-order valence-corrected chi connectivity index (χ2v) is 8.83. The highest BCUT2D eigenvalue weighted by Gasteiger charge is 2.65. The van der Waals surface area contributed by atoms with E-state index in [1.165, 1.54) is 0 Å². The normalized spacial score (nSPS) is 30.6. The van der Waals surface area contributed by atoms with Crippen LogP contribution in [0, 0.1) is 0 Å². The number of nitrogens with one attached hydrogen (secondary N) is 1. The number of amides is 2. The van der Waals surface area contributed by atoms with Gasteiger partial charge in [-0.15, -0.1) is 0 Å². The van der Waals surface area contributed by atoms with Crippen LogP contribution in [0.5, 0.6) is 0 Å². The number of likely N-dealkylation sites (tertiary alicyclic amines) is 1. The Morgan fingerprint density at radius 2 is 2.08 bits per heavy atom. The van der Waals surface area contributed by atoms with Crippen molar-refractivity contribution in [3.63, 3.8) is 0 Å². The number of hydrogen-bond donors (Lipinski definition) is 1. The van der Waals surface area contributed by atoms with Gasteiger partial charge in [-0.05, 0) is 5.56 Å². The zero-order valence-electron chi connectivity index (χ0n) is 14.4. The predicted octanol–water partition coefficient (Wildman–Crippen LogP) is -0.163. The molecular formula is C17H21N3O5S. The van der Waals surface area contributed by atoms with Crippen LogP contribution in [0.2, 0.25) is 0 Å². The van der Waals surface area contributed by atoms with Gasteiger partial charge in [0.25, 0.3) is 0 Å². The van der Waals surface area contributed by atoms with Gasteiger partial charge in [-0.3, -0.25) is 9.59 Å². The monoisotopic (exact) mass is 379 g/mol. The Balaban J connectivity index is 1.56. The first-order chi connectivity index (χ1) is 12.3. The molecule has 1 aromatic carbocycles. The minimum Gasteiger partial charge on any atom is -0.351 e. The number of carbonyl (C=O) groups is 2. The lowest BCUT2D eigenvalue weighted by molar-refractivity contribution is -0.140. The van der Waals surface area contributed by atoms with Gasteiger partial charge in [0.2, 0.25) is 21.8 Å². The van der Waals surface area contributed by atoms with Crippen LogP contribution in [0.3, 0.4) is 0 Å². The van der Waals surface area contributed by atoms with E-state index in [9.17, 15) is 18.0 Å². The van der Waals surface area contributed by atoms with Gasteiger partial charge in [0.1, 0.15) is 0 Å². The molecule has 0 radical (unpaired) electrons. The average molecular weight is 379 g/mol. The molecule has 0 aliphatic carbocycles. The second-order valence-electron chi connectivity index (χ2n) is 7.00. The van der Waals surface area contributed by atoms with E-state index in [-0.39, 0.29) is 36.9 Å². The maximum atomic E-state index is 12.7. The van der Waals surface area contributed by atoms with Crippen LogP contribution in [-0.4, -0.2) is 67.8 Å². The molecule has 3 fully saturated rings. The van der Waals surface area contributed by atoms with E-state index >= 15 is 0 Å². The molecule has 0 unspecified atom stereocenters. The third kappa shape index (κ3) is 2.70. The van der Waals surface area contributed by atoms with Crippen molar-refractivity contribution in [3.8, 4) is 0 Å². The summed E-state index contributed by atoms with van der Waals surface area (Å²) in [6.45, 7) is 0.540. The van der Waals surface area contributed by atoms with Gasteiger partial charge in [0.05, 0.1) is 37.9 Å². The van der Waals surface area contributed by atoms with Gasteiger partial charge < -0.3 is 14.5 Å². The molecule has 3 saturated heterocycles. The Morgan fingerprint density at radius 3 is 2.77 bits per heavy atom. The van der Waals surface area contributed by atoms with E-state index < -0.39 is 15.7 Å². The fraction of sp³-hybridized carbons (Fsp3) is 0.529. The van der Waals surface area contributed by atoms with Crippen LogP contribution in [0.25, 0.3) is 0 Å². The zero-order valence-corrected chi connectivity index (χ0v) is 15.2. The van der Waals surface area contributed by atoms with Gasteiger partial charge in [-0.25, -0.2) is 13.1 Å². The molecule has 8 nitrogen and oxygen atoms in total. The molecule has 3 aliphatic heterocycles. The van der Waals surface area contributed by atoms with Crippen molar-refractivity contribution in [3.05, 3.63) is 35.9 Å². The highest BCUT2D eigenvalue weighted by atomic mass is 32.2. The van der Waals surface area contributed by atoms with Crippen LogP contribution < -0.4 is 4.72 Å². The number of carbonyl (C=O) groups excluding carboxylic acids is 2. The van der Waals surface area contributed by atoms with Crippen molar-refractivity contribution in [2.45, 2.75) is 30.7 Å². The Labute approximate surface area is 152 Å². The van der Waals surface area contributed by atoms with Gasteiger partial charge in [-0.1, -0.05) is 30.3 Å². The third-order valence-corrected chi connectivity index (χ3v) is 6.11. The number of nitrogens with zero attached hydrogens (tertiary/aromatic N) is 2. The third-order valence-electron chi connectivity index (χ3n) is 5.45. The SMILES string of the molecule is CS(=O)(=O)NCC(=O)N1CC[C@@]23OC[C@@H](c4ccccc4)N2C(=O)C[C@@H]13. The van der Waals surface area contributed by atoms with Crippen molar-refractivity contribution in [1.82, 2.24) is 14.5 Å². The van der Waals surface area contributed by atoms with E-state index in [0.717, 1.165) is 11.8 Å².